The van der Waals surface area contributed by atoms with Crippen molar-refractivity contribution in [3.05, 3.63) is 45.2 Å². The fraction of sp³-hybridized carbons (Fsp3) is 0. The molecule has 0 saturated carbocycles. The van der Waals surface area contributed by atoms with Crippen molar-refractivity contribution < 1.29 is 0 Å². The highest BCUT2D eigenvalue weighted by atomic mass is 32.2. The van der Waals surface area contributed by atoms with E-state index in [1.54, 1.807) is 0 Å². The fourth-order valence-corrected chi connectivity index (χ4v) is 3.73. The van der Waals surface area contributed by atoms with Crippen LogP contribution in [0.3, 0.4) is 0 Å². The summed E-state index contributed by atoms with van der Waals surface area (Å²) in [7, 11) is 0. The minimum Gasteiger partial charge on any atom is -0.265 e. The van der Waals surface area contributed by atoms with E-state index in [-0.39, 0.29) is 4.06 Å². The van der Waals surface area contributed by atoms with Gasteiger partial charge in [-0.3, -0.25) is 4.79 Å². The number of hydrogen-bond acceptors (Lipinski definition) is 3. The van der Waals surface area contributed by atoms with Crippen molar-refractivity contribution in [2.75, 3.05) is 0 Å². The molecule has 0 saturated heterocycles. The van der Waals surface area contributed by atoms with Crippen LogP contribution in [0.25, 0.3) is 20.5 Å². The van der Waals surface area contributed by atoms with Crippen molar-refractivity contribution in [3.8, 4) is 11.1 Å². The predicted molar refractivity (Wildman–Crippen MR) is 62.6 cm³/mol. The SMILES string of the molecule is O=c1sc2cc3cccccc-3c2s1. The fourth-order valence-electron chi connectivity index (χ4n) is 1.61. The van der Waals surface area contributed by atoms with Gasteiger partial charge in [0.05, 0.1) is 9.40 Å². The highest BCUT2D eigenvalue weighted by Gasteiger charge is 2.11. The smallest absolute Gasteiger partial charge is 0.265 e. The van der Waals surface area contributed by atoms with Gasteiger partial charge in [-0.2, -0.15) is 0 Å². The van der Waals surface area contributed by atoms with Gasteiger partial charge < -0.3 is 0 Å². The summed E-state index contributed by atoms with van der Waals surface area (Å²) >= 11 is 2.68. The minimum atomic E-state index is 0.184. The van der Waals surface area contributed by atoms with Gasteiger partial charge in [-0.1, -0.05) is 53.0 Å². The Morgan fingerprint density at radius 2 is 1.86 bits per heavy atom. The van der Waals surface area contributed by atoms with Crippen LogP contribution in [0, 0.1) is 0 Å². The molecule has 0 aliphatic heterocycles. The Kier molecular flexibility index (Phi) is 1.69. The second-order valence-electron chi connectivity index (χ2n) is 3.07. The van der Waals surface area contributed by atoms with E-state index in [1.807, 2.05) is 18.2 Å². The minimum absolute atomic E-state index is 0.184. The summed E-state index contributed by atoms with van der Waals surface area (Å²) in [4.78, 5) is 11.2. The molecule has 1 aromatic heterocycles. The lowest BCUT2D eigenvalue weighted by Crippen LogP contribution is -1.74. The first kappa shape index (κ1) is 8.15. The average molecular weight is 218 g/mol. The maximum absolute atomic E-state index is 11.2. The van der Waals surface area contributed by atoms with Gasteiger partial charge in [0, 0.05) is 5.56 Å². The van der Waals surface area contributed by atoms with Gasteiger partial charge in [0.2, 0.25) is 0 Å². The summed E-state index contributed by atoms with van der Waals surface area (Å²) in [6, 6.07) is 12.3. The zero-order valence-corrected chi connectivity index (χ0v) is 8.82. The van der Waals surface area contributed by atoms with Gasteiger partial charge >= 0.3 is 0 Å². The van der Waals surface area contributed by atoms with E-state index in [4.69, 9.17) is 0 Å². The number of fused-ring (bicyclic) bond motifs is 3. The summed E-state index contributed by atoms with van der Waals surface area (Å²) in [5.41, 5.74) is 2.40. The number of rotatable bonds is 0. The molecule has 0 bridgehead atoms. The van der Waals surface area contributed by atoms with Crippen LogP contribution in [0.2, 0.25) is 0 Å². The zero-order chi connectivity index (χ0) is 9.54. The third kappa shape index (κ3) is 1.10. The van der Waals surface area contributed by atoms with Gasteiger partial charge in [-0.25, -0.2) is 0 Å². The van der Waals surface area contributed by atoms with E-state index in [1.165, 1.54) is 33.8 Å². The van der Waals surface area contributed by atoms with Gasteiger partial charge in [0.15, 0.2) is 0 Å². The lowest BCUT2D eigenvalue weighted by Gasteiger charge is -1.88. The third-order valence-corrected chi connectivity index (χ3v) is 4.35. The molecule has 1 nitrogen and oxygen atoms in total. The van der Waals surface area contributed by atoms with Crippen molar-refractivity contribution in [1.82, 2.24) is 0 Å². The first-order valence-corrected chi connectivity index (χ1v) is 5.89. The molecule has 1 aromatic rings. The Bertz CT molecular complexity index is 621. The van der Waals surface area contributed by atoms with Crippen LogP contribution < -0.4 is 4.06 Å². The van der Waals surface area contributed by atoms with Crippen molar-refractivity contribution in [2.45, 2.75) is 0 Å². The van der Waals surface area contributed by atoms with E-state index < -0.39 is 0 Å². The highest BCUT2D eigenvalue weighted by molar-refractivity contribution is 7.36. The maximum Gasteiger partial charge on any atom is 0.288 e. The van der Waals surface area contributed by atoms with Gasteiger partial charge in [0.25, 0.3) is 4.06 Å². The lowest BCUT2D eigenvalue weighted by molar-refractivity contribution is 1.86. The Balaban J connectivity index is 2.55. The van der Waals surface area contributed by atoms with Crippen LogP contribution in [0.15, 0.2) is 41.2 Å². The van der Waals surface area contributed by atoms with Crippen LogP contribution in [0.1, 0.15) is 0 Å². The van der Waals surface area contributed by atoms with E-state index in [2.05, 4.69) is 18.2 Å². The van der Waals surface area contributed by atoms with Crippen LogP contribution >= 0.6 is 22.7 Å². The molecule has 0 aromatic carbocycles. The molecule has 0 radical (unpaired) electrons. The molecular formula is C11H6OS2. The summed E-state index contributed by atoms with van der Waals surface area (Å²) in [5.74, 6) is 0. The van der Waals surface area contributed by atoms with Crippen LogP contribution in [-0.4, -0.2) is 0 Å². The summed E-state index contributed by atoms with van der Waals surface area (Å²) in [6.07, 6.45) is 0. The largest absolute Gasteiger partial charge is 0.288 e. The molecule has 14 heavy (non-hydrogen) atoms. The Labute approximate surface area is 88.6 Å². The molecular weight excluding hydrogens is 212 g/mol. The van der Waals surface area contributed by atoms with Crippen molar-refractivity contribution in [1.29, 1.82) is 0 Å². The van der Waals surface area contributed by atoms with E-state index in [0.29, 0.717) is 0 Å². The molecule has 68 valence electrons. The van der Waals surface area contributed by atoms with Gasteiger partial charge in [0.1, 0.15) is 0 Å². The average Bonchev–Trinajstić information content (AvgIpc) is 2.55. The molecule has 0 fully saturated rings. The predicted octanol–water partition coefficient (Wildman–Crippen LogP) is 3.43. The molecule has 3 heteroatoms. The van der Waals surface area contributed by atoms with Crippen molar-refractivity contribution in [2.24, 2.45) is 0 Å². The van der Waals surface area contributed by atoms with Crippen LogP contribution in [0.5, 0.6) is 0 Å². The Morgan fingerprint density at radius 1 is 1.00 bits per heavy atom. The van der Waals surface area contributed by atoms with Crippen LogP contribution in [-0.2, 0) is 0 Å². The molecule has 0 unspecified atom stereocenters. The normalized spacial score (nSPS) is 11.1. The molecule has 1 heterocycles. The molecule has 0 spiro atoms. The summed E-state index contributed by atoms with van der Waals surface area (Å²) < 4.78 is 2.43. The third-order valence-electron chi connectivity index (χ3n) is 2.21. The van der Waals surface area contributed by atoms with E-state index in [9.17, 15) is 4.79 Å². The van der Waals surface area contributed by atoms with Crippen LogP contribution in [0.4, 0.5) is 0 Å². The first-order chi connectivity index (χ1) is 6.84. The highest BCUT2D eigenvalue weighted by Crippen LogP contribution is 2.36. The second kappa shape index (κ2) is 2.90. The van der Waals surface area contributed by atoms with Crippen molar-refractivity contribution >= 4 is 32.1 Å². The zero-order valence-electron chi connectivity index (χ0n) is 7.19. The molecule has 2 aliphatic carbocycles. The second-order valence-corrected chi connectivity index (χ2v) is 5.33. The molecule has 0 atom stereocenters. The van der Waals surface area contributed by atoms with E-state index >= 15 is 0 Å². The molecule has 3 rings (SSSR count). The maximum atomic E-state index is 11.2. The van der Waals surface area contributed by atoms with E-state index in [0.717, 1.165) is 9.40 Å². The standard InChI is InChI=1S/C11H6OS2/c12-11-13-9-6-7-4-2-1-3-5-8(7)10(9)14-11/h1-6H. The Hall–Kier alpha value is -1.19. The van der Waals surface area contributed by atoms with Gasteiger partial charge in [-0.15, -0.1) is 0 Å². The first-order valence-electron chi connectivity index (χ1n) is 4.26. The summed E-state index contributed by atoms with van der Waals surface area (Å²) in [6.45, 7) is 0. The molecule has 0 N–H and O–H groups in total. The Morgan fingerprint density at radius 3 is 2.79 bits per heavy atom. The monoisotopic (exact) mass is 218 g/mol. The molecule has 2 aliphatic rings. The lowest BCUT2D eigenvalue weighted by atomic mass is 10.2. The van der Waals surface area contributed by atoms with Crippen molar-refractivity contribution in [3.63, 3.8) is 0 Å². The molecule has 0 amide bonds. The topological polar surface area (TPSA) is 17.1 Å². The van der Waals surface area contributed by atoms with Gasteiger partial charge in [-0.05, 0) is 11.6 Å². The number of hydrogen-bond donors (Lipinski definition) is 0. The summed E-state index contributed by atoms with van der Waals surface area (Å²) in [5, 5.41) is 0. The quantitative estimate of drug-likeness (QED) is 0.565.